The van der Waals surface area contributed by atoms with Crippen LogP contribution < -0.4 is 5.73 Å². The number of rotatable bonds is 3. The standard InChI is InChI=1S/C6H13NO3/c1-3-10-5(9)6(2,7)4-8/h8H,3-4,7H2,1-2H3/t6-/m1/s1. The van der Waals surface area contributed by atoms with Gasteiger partial charge >= 0.3 is 5.97 Å². The molecule has 4 nitrogen and oxygen atoms in total. The number of hydrogen-bond acceptors (Lipinski definition) is 4. The van der Waals surface area contributed by atoms with Gasteiger partial charge in [-0.2, -0.15) is 0 Å². The molecule has 0 fully saturated rings. The van der Waals surface area contributed by atoms with Crippen molar-refractivity contribution in [3.8, 4) is 0 Å². The van der Waals surface area contributed by atoms with E-state index in [-0.39, 0.29) is 6.61 Å². The highest BCUT2D eigenvalue weighted by molar-refractivity contribution is 5.80. The first-order valence-electron chi connectivity index (χ1n) is 3.11. The summed E-state index contributed by atoms with van der Waals surface area (Å²) in [6.45, 7) is 2.99. The molecule has 0 bridgehead atoms. The Kier molecular flexibility index (Phi) is 3.32. The molecule has 0 aliphatic heterocycles. The molecular weight excluding hydrogens is 134 g/mol. The van der Waals surface area contributed by atoms with Crippen LogP contribution in [0.3, 0.4) is 0 Å². The normalized spacial score (nSPS) is 16.0. The Labute approximate surface area is 60.0 Å². The van der Waals surface area contributed by atoms with Crippen LogP contribution in [0.25, 0.3) is 0 Å². The van der Waals surface area contributed by atoms with Gasteiger partial charge in [0.15, 0.2) is 0 Å². The van der Waals surface area contributed by atoms with Gasteiger partial charge < -0.3 is 15.6 Å². The number of ether oxygens (including phenoxy) is 1. The molecule has 3 N–H and O–H groups in total. The number of hydrogen-bond donors (Lipinski definition) is 2. The fourth-order valence-corrected chi connectivity index (χ4v) is 0.361. The predicted octanol–water partition coefficient (Wildman–Crippen LogP) is -0.741. The van der Waals surface area contributed by atoms with Gasteiger partial charge in [0.25, 0.3) is 0 Å². The summed E-state index contributed by atoms with van der Waals surface area (Å²) in [7, 11) is 0. The summed E-state index contributed by atoms with van der Waals surface area (Å²) in [4.78, 5) is 10.8. The van der Waals surface area contributed by atoms with Gasteiger partial charge in [0.1, 0.15) is 5.54 Å². The molecule has 0 spiro atoms. The molecule has 10 heavy (non-hydrogen) atoms. The smallest absolute Gasteiger partial charge is 0.328 e. The third-order valence-electron chi connectivity index (χ3n) is 1.07. The van der Waals surface area contributed by atoms with Gasteiger partial charge in [0.2, 0.25) is 0 Å². The molecule has 0 aromatic carbocycles. The minimum atomic E-state index is -1.25. The topological polar surface area (TPSA) is 72.5 Å². The second-order valence-electron chi connectivity index (χ2n) is 2.30. The van der Waals surface area contributed by atoms with E-state index in [4.69, 9.17) is 10.8 Å². The maximum atomic E-state index is 10.8. The number of nitrogens with two attached hydrogens (primary N) is 1. The van der Waals surface area contributed by atoms with E-state index in [0.29, 0.717) is 0 Å². The summed E-state index contributed by atoms with van der Waals surface area (Å²) < 4.78 is 4.57. The third kappa shape index (κ3) is 2.33. The minimum Gasteiger partial charge on any atom is -0.465 e. The number of carbonyl (C=O) groups excluding carboxylic acids is 1. The summed E-state index contributed by atoms with van der Waals surface area (Å²) >= 11 is 0. The zero-order valence-corrected chi connectivity index (χ0v) is 6.26. The quantitative estimate of drug-likeness (QED) is 0.516. The van der Waals surface area contributed by atoms with Gasteiger partial charge in [-0.05, 0) is 13.8 Å². The molecule has 0 aromatic heterocycles. The summed E-state index contributed by atoms with van der Waals surface area (Å²) in [5.74, 6) is -0.572. The van der Waals surface area contributed by atoms with E-state index in [1.54, 1.807) is 6.92 Å². The first-order valence-corrected chi connectivity index (χ1v) is 3.11. The van der Waals surface area contributed by atoms with E-state index < -0.39 is 18.1 Å². The molecule has 0 aliphatic carbocycles. The minimum absolute atomic E-state index is 0.283. The Morgan fingerprint density at radius 2 is 2.30 bits per heavy atom. The second kappa shape index (κ2) is 3.53. The summed E-state index contributed by atoms with van der Waals surface area (Å²) in [5.41, 5.74) is 4.07. The molecule has 0 aromatic rings. The summed E-state index contributed by atoms with van der Waals surface area (Å²) in [6.07, 6.45) is 0. The molecular formula is C6H13NO3. The van der Waals surface area contributed by atoms with E-state index in [9.17, 15) is 4.79 Å². The Morgan fingerprint density at radius 3 is 2.60 bits per heavy atom. The van der Waals surface area contributed by atoms with Gasteiger partial charge in [-0.3, -0.25) is 0 Å². The Bertz CT molecular complexity index is 122. The van der Waals surface area contributed by atoms with E-state index in [1.807, 2.05) is 0 Å². The zero-order valence-electron chi connectivity index (χ0n) is 6.26. The molecule has 0 amide bonds. The van der Waals surface area contributed by atoms with Gasteiger partial charge in [0, 0.05) is 0 Å². The first kappa shape index (κ1) is 9.39. The SMILES string of the molecule is CCOC(=O)[C@](C)(N)CO. The van der Waals surface area contributed by atoms with Crippen molar-refractivity contribution >= 4 is 5.97 Å². The highest BCUT2D eigenvalue weighted by Crippen LogP contribution is 1.99. The van der Waals surface area contributed by atoms with Crippen LogP contribution >= 0.6 is 0 Å². The number of esters is 1. The molecule has 0 saturated heterocycles. The molecule has 60 valence electrons. The first-order chi connectivity index (χ1) is 4.54. The van der Waals surface area contributed by atoms with Crippen LogP contribution in [0.5, 0.6) is 0 Å². The lowest BCUT2D eigenvalue weighted by molar-refractivity contribution is -0.150. The van der Waals surface area contributed by atoms with E-state index >= 15 is 0 Å². The fraction of sp³-hybridized carbons (Fsp3) is 0.833. The van der Waals surface area contributed by atoms with Gasteiger partial charge in [-0.1, -0.05) is 0 Å². The molecule has 0 heterocycles. The summed E-state index contributed by atoms with van der Waals surface area (Å²) in [6, 6.07) is 0. The van der Waals surface area contributed by atoms with Crippen LogP contribution in [0.1, 0.15) is 13.8 Å². The maximum Gasteiger partial charge on any atom is 0.328 e. The maximum absolute atomic E-state index is 10.8. The van der Waals surface area contributed by atoms with Crippen molar-refractivity contribution in [1.82, 2.24) is 0 Å². The van der Waals surface area contributed by atoms with Crippen LogP contribution in [0.15, 0.2) is 0 Å². The molecule has 1 atom stereocenters. The van der Waals surface area contributed by atoms with Gasteiger partial charge in [-0.25, -0.2) is 4.79 Å². The molecule has 0 unspecified atom stereocenters. The highest BCUT2D eigenvalue weighted by atomic mass is 16.5. The number of aliphatic hydroxyl groups excluding tert-OH is 1. The van der Waals surface area contributed by atoms with Crippen LogP contribution in [-0.4, -0.2) is 29.8 Å². The van der Waals surface area contributed by atoms with Crippen LogP contribution in [0.2, 0.25) is 0 Å². The molecule has 0 rings (SSSR count). The fourth-order valence-electron chi connectivity index (χ4n) is 0.361. The largest absolute Gasteiger partial charge is 0.465 e. The van der Waals surface area contributed by atoms with Gasteiger partial charge in [0.05, 0.1) is 13.2 Å². The number of aliphatic hydroxyl groups is 1. The molecule has 4 heteroatoms. The van der Waals surface area contributed by atoms with Crippen molar-refractivity contribution in [2.24, 2.45) is 5.73 Å². The molecule has 0 radical (unpaired) electrons. The van der Waals surface area contributed by atoms with Crippen molar-refractivity contribution < 1.29 is 14.6 Å². The predicted molar refractivity (Wildman–Crippen MR) is 36.3 cm³/mol. The van der Waals surface area contributed by atoms with E-state index in [2.05, 4.69) is 4.74 Å². The van der Waals surface area contributed by atoms with Crippen LogP contribution in [0, 0.1) is 0 Å². The van der Waals surface area contributed by atoms with Crippen LogP contribution in [-0.2, 0) is 9.53 Å². The lowest BCUT2D eigenvalue weighted by Gasteiger charge is -2.18. The van der Waals surface area contributed by atoms with Crippen molar-refractivity contribution in [2.45, 2.75) is 19.4 Å². The lowest BCUT2D eigenvalue weighted by Crippen LogP contribution is -2.49. The van der Waals surface area contributed by atoms with Crippen molar-refractivity contribution in [2.75, 3.05) is 13.2 Å². The molecule has 0 aliphatic rings. The zero-order chi connectivity index (χ0) is 8.20. The van der Waals surface area contributed by atoms with Gasteiger partial charge in [-0.15, -0.1) is 0 Å². The van der Waals surface area contributed by atoms with Crippen molar-refractivity contribution in [3.63, 3.8) is 0 Å². The Balaban J connectivity index is 3.91. The Morgan fingerprint density at radius 1 is 1.80 bits per heavy atom. The lowest BCUT2D eigenvalue weighted by atomic mass is 10.1. The van der Waals surface area contributed by atoms with Crippen molar-refractivity contribution in [1.29, 1.82) is 0 Å². The highest BCUT2D eigenvalue weighted by Gasteiger charge is 2.28. The number of carbonyl (C=O) groups is 1. The average molecular weight is 147 g/mol. The molecule has 0 saturated carbocycles. The average Bonchev–Trinajstić information content (AvgIpc) is 1.89. The van der Waals surface area contributed by atoms with Crippen LogP contribution in [0.4, 0.5) is 0 Å². The second-order valence-corrected chi connectivity index (χ2v) is 2.30. The summed E-state index contributed by atoms with van der Waals surface area (Å²) in [5, 5.41) is 8.57. The third-order valence-corrected chi connectivity index (χ3v) is 1.07. The monoisotopic (exact) mass is 147 g/mol. The van der Waals surface area contributed by atoms with Crippen molar-refractivity contribution in [3.05, 3.63) is 0 Å². The van der Waals surface area contributed by atoms with E-state index in [0.717, 1.165) is 0 Å². The van der Waals surface area contributed by atoms with E-state index in [1.165, 1.54) is 6.92 Å². The Hall–Kier alpha value is -0.610.